The topological polar surface area (TPSA) is 76.5 Å². The fourth-order valence-corrected chi connectivity index (χ4v) is 2.18. The largest absolute Gasteiger partial charge is 0.463 e. The minimum Gasteiger partial charge on any atom is -0.463 e. The highest BCUT2D eigenvalue weighted by atomic mass is 79.9. The van der Waals surface area contributed by atoms with Gasteiger partial charge in [0.25, 0.3) is 5.91 Å². The van der Waals surface area contributed by atoms with Crippen molar-refractivity contribution in [3.05, 3.63) is 41.0 Å². The van der Waals surface area contributed by atoms with Crippen LogP contribution in [0.5, 0.6) is 5.88 Å². The Morgan fingerprint density at radius 2 is 2.00 bits per heavy atom. The van der Waals surface area contributed by atoms with E-state index in [1.165, 1.54) is 4.90 Å². The molecule has 2 rings (SSSR count). The first-order valence-corrected chi connectivity index (χ1v) is 8.13. The van der Waals surface area contributed by atoms with Gasteiger partial charge in [0, 0.05) is 20.3 Å². The van der Waals surface area contributed by atoms with Gasteiger partial charge in [-0.1, -0.05) is 18.2 Å². The molecule has 0 bridgehead atoms. The van der Waals surface area contributed by atoms with Gasteiger partial charge in [-0.3, -0.25) is 9.59 Å². The van der Waals surface area contributed by atoms with Crippen molar-refractivity contribution in [3.63, 3.8) is 0 Å². The van der Waals surface area contributed by atoms with E-state index < -0.39 is 6.10 Å². The fraction of sp³-hybridized carbons (Fsp3) is 0.312. The van der Waals surface area contributed by atoms with Crippen molar-refractivity contribution in [3.8, 4) is 11.6 Å². The van der Waals surface area contributed by atoms with Gasteiger partial charge in [0.05, 0.1) is 16.7 Å². The molecule has 7 nitrogen and oxygen atoms in total. The van der Waals surface area contributed by atoms with Crippen LogP contribution < -0.4 is 10.1 Å². The summed E-state index contributed by atoms with van der Waals surface area (Å²) in [7, 11) is 3.25. The maximum Gasteiger partial charge on any atom is 0.261 e. The molecule has 24 heavy (non-hydrogen) atoms. The van der Waals surface area contributed by atoms with Gasteiger partial charge in [0.2, 0.25) is 11.8 Å². The molecule has 0 fully saturated rings. The van der Waals surface area contributed by atoms with Crippen molar-refractivity contribution in [1.29, 1.82) is 0 Å². The molecule has 0 aliphatic carbocycles. The molecule has 0 spiro atoms. The number of para-hydroxylation sites is 1. The molecule has 0 unspecified atom stereocenters. The molecule has 1 aromatic carbocycles. The van der Waals surface area contributed by atoms with Gasteiger partial charge in [-0.25, -0.2) is 4.68 Å². The zero-order valence-electron chi connectivity index (χ0n) is 13.7. The van der Waals surface area contributed by atoms with Gasteiger partial charge in [-0.05, 0) is 35.0 Å². The second-order valence-electron chi connectivity index (χ2n) is 5.33. The summed E-state index contributed by atoms with van der Waals surface area (Å²) in [6.45, 7) is 1.53. The minimum absolute atomic E-state index is 0.0703. The van der Waals surface area contributed by atoms with Crippen LogP contribution in [0.4, 0.5) is 0 Å². The van der Waals surface area contributed by atoms with E-state index in [0.29, 0.717) is 10.4 Å². The Kier molecular flexibility index (Phi) is 5.97. The Labute approximate surface area is 148 Å². The second-order valence-corrected chi connectivity index (χ2v) is 6.18. The number of nitrogens with one attached hydrogen (secondary N) is 1. The van der Waals surface area contributed by atoms with Crippen LogP contribution in [-0.2, 0) is 9.59 Å². The number of ether oxygens (including phenoxy) is 1. The molecule has 0 saturated carbocycles. The molecule has 1 N–H and O–H groups in total. The monoisotopic (exact) mass is 394 g/mol. The number of benzene rings is 1. The van der Waals surface area contributed by atoms with Crippen LogP contribution >= 0.6 is 15.9 Å². The molecule has 0 radical (unpaired) electrons. The molecule has 0 aliphatic heterocycles. The second kappa shape index (κ2) is 7.96. The van der Waals surface area contributed by atoms with E-state index in [-0.39, 0.29) is 18.4 Å². The van der Waals surface area contributed by atoms with E-state index >= 15 is 0 Å². The number of likely N-dealkylation sites (N-methyl/N-ethyl adjacent to an activating group) is 1. The van der Waals surface area contributed by atoms with Crippen LogP contribution in [0, 0.1) is 0 Å². The van der Waals surface area contributed by atoms with E-state index in [2.05, 4.69) is 26.3 Å². The van der Waals surface area contributed by atoms with Crippen molar-refractivity contribution in [2.75, 3.05) is 20.6 Å². The van der Waals surface area contributed by atoms with Crippen molar-refractivity contribution >= 4 is 27.7 Å². The lowest BCUT2D eigenvalue weighted by Crippen LogP contribution is -2.42. The number of hydrogen-bond acceptors (Lipinski definition) is 4. The first kappa shape index (κ1) is 18.0. The first-order chi connectivity index (χ1) is 11.4. The molecule has 2 aromatic rings. The molecule has 128 valence electrons. The average Bonchev–Trinajstić information content (AvgIpc) is 2.93. The summed E-state index contributed by atoms with van der Waals surface area (Å²) in [5.41, 5.74) is 0.877. The number of aromatic nitrogens is 2. The average molecular weight is 395 g/mol. The summed E-state index contributed by atoms with van der Waals surface area (Å²) >= 11 is 3.37. The third-order valence-electron chi connectivity index (χ3n) is 3.23. The SMILES string of the molecule is C[C@H](Oc1nn(-c2ccccc2)cc1Br)C(=O)NCC(=O)N(C)C. The Hall–Kier alpha value is -2.35. The summed E-state index contributed by atoms with van der Waals surface area (Å²) in [4.78, 5) is 24.9. The van der Waals surface area contributed by atoms with E-state index in [0.717, 1.165) is 5.69 Å². The van der Waals surface area contributed by atoms with Crippen molar-refractivity contribution in [1.82, 2.24) is 20.0 Å². The van der Waals surface area contributed by atoms with Crippen molar-refractivity contribution in [2.24, 2.45) is 0 Å². The van der Waals surface area contributed by atoms with E-state index in [9.17, 15) is 9.59 Å². The van der Waals surface area contributed by atoms with Crippen molar-refractivity contribution in [2.45, 2.75) is 13.0 Å². The Morgan fingerprint density at radius 1 is 1.33 bits per heavy atom. The third-order valence-corrected chi connectivity index (χ3v) is 3.77. The molecular formula is C16H19BrN4O3. The van der Waals surface area contributed by atoms with Crippen LogP contribution in [0.2, 0.25) is 0 Å². The molecule has 1 atom stereocenters. The smallest absolute Gasteiger partial charge is 0.261 e. The lowest BCUT2D eigenvalue weighted by Gasteiger charge is -2.15. The summed E-state index contributed by atoms with van der Waals surface area (Å²) in [6.07, 6.45) is 0.973. The van der Waals surface area contributed by atoms with Crippen LogP contribution in [0.15, 0.2) is 41.0 Å². The highest BCUT2D eigenvalue weighted by molar-refractivity contribution is 9.10. The summed E-state index contributed by atoms with van der Waals surface area (Å²) in [5, 5.41) is 6.85. The Balaban J connectivity index is 1.99. The highest BCUT2D eigenvalue weighted by Gasteiger charge is 2.19. The predicted molar refractivity (Wildman–Crippen MR) is 93.1 cm³/mol. The van der Waals surface area contributed by atoms with Gasteiger partial charge < -0.3 is 15.0 Å². The lowest BCUT2D eigenvalue weighted by atomic mass is 10.3. The minimum atomic E-state index is -0.782. The summed E-state index contributed by atoms with van der Waals surface area (Å²) in [5.74, 6) is -0.267. The number of nitrogens with zero attached hydrogens (tertiary/aromatic N) is 3. The molecule has 2 amide bonds. The molecule has 1 aromatic heterocycles. The van der Waals surface area contributed by atoms with Crippen molar-refractivity contribution < 1.29 is 14.3 Å². The maximum absolute atomic E-state index is 12.0. The number of amides is 2. The summed E-state index contributed by atoms with van der Waals surface area (Å²) < 4.78 is 7.87. The standard InChI is InChI=1S/C16H19BrN4O3/c1-11(15(23)18-9-14(22)20(2)3)24-16-13(17)10-21(19-16)12-7-5-4-6-8-12/h4-8,10-11H,9H2,1-3H3,(H,18,23)/t11-/m0/s1. The maximum atomic E-state index is 12.0. The van der Waals surface area contributed by atoms with E-state index in [1.54, 1.807) is 31.9 Å². The predicted octanol–water partition coefficient (Wildman–Crippen LogP) is 1.61. The zero-order chi connectivity index (χ0) is 17.7. The number of carbonyl (C=O) groups excluding carboxylic acids is 2. The number of hydrogen-bond donors (Lipinski definition) is 1. The molecule has 1 heterocycles. The quantitative estimate of drug-likeness (QED) is 0.807. The van der Waals surface area contributed by atoms with Crippen LogP contribution in [0.1, 0.15) is 6.92 Å². The lowest BCUT2D eigenvalue weighted by molar-refractivity contribution is -0.133. The molecular weight excluding hydrogens is 376 g/mol. The van der Waals surface area contributed by atoms with E-state index in [1.807, 2.05) is 30.3 Å². The molecule has 0 saturated heterocycles. The highest BCUT2D eigenvalue weighted by Crippen LogP contribution is 2.25. The zero-order valence-corrected chi connectivity index (χ0v) is 15.3. The Bertz CT molecular complexity index is 715. The van der Waals surface area contributed by atoms with Crippen LogP contribution in [0.3, 0.4) is 0 Å². The van der Waals surface area contributed by atoms with Gasteiger partial charge >= 0.3 is 0 Å². The molecule has 0 aliphatic rings. The number of carbonyl (C=O) groups is 2. The van der Waals surface area contributed by atoms with Gasteiger partial charge in [-0.2, -0.15) is 0 Å². The Morgan fingerprint density at radius 3 is 2.62 bits per heavy atom. The van der Waals surface area contributed by atoms with E-state index in [4.69, 9.17) is 4.74 Å². The summed E-state index contributed by atoms with van der Waals surface area (Å²) in [6, 6.07) is 9.55. The number of rotatable bonds is 6. The number of halogens is 1. The van der Waals surface area contributed by atoms with Crippen LogP contribution in [0.25, 0.3) is 5.69 Å². The first-order valence-electron chi connectivity index (χ1n) is 7.33. The van der Waals surface area contributed by atoms with Crippen LogP contribution in [-0.4, -0.2) is 53.2 Å². The fourth-order valence-electron chi connectivity index (χ4n) is 1.82. The van der Waals surface area contributed by atoms with Gasteiger partial charge in [0.1, 0.15) is 0 Å². The van der Waals surface area contributed by atoms with Gasteiger partial charge in [0.15, 0.2) is 6.10 Å². The third kappa shape index (κ3) is 4.58. The van der Waals surface area contributed by atoms with Gasteiger partial charge in [-0.15, -0.1) is 5.10 Å². The molecule has 8 heteroatoms. The normalized spacial score (nSPS) is 11.7.